The topological polar surface area (TPSA) is 67.6 Å². The van der Waals surface area contributed by atoms with Crippen molar-refractivity contribution in [2.45, 2.75) is 13.8 Å². The summed E-state index contributed by atoms with van der Waals surface area (Å²) in [6.45, 7) is 3.87. The number of rotatable bonds is 2. The Kier molecular flexibility index (Phi) is 2.79. The fourth-order valence-electron chi connectivity index (χ4n) is 2.67. The Balaban J connectivity index is 1.75. The molecule has 0 spiro atoms. The fourth-order valence-corrected chi connectivity index (χ4v) is 2.67. The summed E-state index contributed by atoms with van der Waals surface area (Å²) in [5.41, 5.74) is 6.61. The molecule has 0 aliphatic carbocycles. The Bertz CT molecular complexity index is 931. The number of nitrogens with one attached hydrogen (secondary N) is 1. The number of H-pyrrole nitrogens is 1. The molecule has 3 heterocycles. The summed E-state index contributed by atoms with van der Waals surface area (Å²) in [6.07, 6.45) is 3.62. The van der Waals surface area contributed by atoms with E-state index in [-0.39, 0.29) is 0 Å². The first kappa shape index (κ1) is 12.8. The first-order chi connectivity index (χ1) is 10.7. The summed E-state index contributed by atoms with van der Waals surface area (Å²) in [5.74, 6) is 0.832. The second kappa shape index (κ2) is 4.80. The molecule has 108 valence electrons. The van der Waals surface area contributed by atoms with E-state index in [4.69, 9.17) is 4.52 Å². The van der Waals surface area contributed by atoms with Gasteiger partial charge in [-0.15, -0.1) is 0 Å². The quantitative estimate of drug-likeness (QED) is 0.608. The molecule has 4 rings (SSSR count). The average molecular weight is 290 g/mol. The van der Waals surface area contributed by atoms with Crippen molar-refractivity contribution < 1.29 is 4.52 Å². The van der Waals surface area contributed by atoms with Gasteiger partial charge in [0, 0.05) is 17.3 Å². The molecule has 0 unspecified atom stereocenters. The molecule has 0 radical (unpaired) electrons. The number of aryl methyl sites for hydroxylation is 2. The van der Waals surface area contributed by atoms with Crippen LogP contribution in [-0.4, -0.2) is 20.1 Å². The van der Waals surface area contributed by atoms with Crippen molar-refractivity contribution in [3.05, 3.63) is 54.2 Å². The lowest BCUT2D eigenvalue weighted by Gasteiger charge is -2.04. The Hall–Kier alpha value is -2.95. The van der Waals surface area contributed by atoms with Crippen molar-refractivity contribution in [2.75, 3.05) is 0 Å². The smallest absolute Gasteiger partial charge is 0.156 e. The minimum atomic E-state index is 0.802. The van der Waals surface area contributed by atoms with Crippen LogP contribution in [0.25, 0.3) is 33.5 Å². The third-order valence-electron chi connectivity index (χ3n) is 3.76. The van der Waals surface area contributed by atoms with E-state index >= 15 is 0 Å². The summed E-state index contributed by atoms with van der Waals surface area (Å²) >= 11 is 0. The van der Waals surface area contributed by atoms with Crippen LogP contribution >= 0.6 is 0 Å². The van der Waals surface area contributed by atoms with Gasteiger partial charge in [0.25, 0.3) is 0 Å². The zero-order valence-electron chi connectivity index (χ0n) is 12.3. The van der Waals surface area contributed by atoms with Crippen molar-refractivity contribution in [2.24, 2.45) is 0 Å². The van der Waals surface area contributed by atoms with Crippen LogP contribution in [0.5, 0.6) is 0 Å². The lowest BCUT2D eigenvalue weighted by atomic mass is 10.0. The van der Waals surface area contributed by atoms with Gasteiger partial charge < -0.3 is 9.51 Å². The van der Waals surface area contributed by atoms with E-state index in [1.807, 2.05) is 38.2 Å². The zero-order valence-corrected chi connectivity index (χ0v) is 12.3. The number of nitrogens with zero attached hydrogens (tertiary/aromatic N) is 3. The predicted octanol–water partition coefficient (Wildman–Crippen LogP) is 3.90. The van der Waals surface area contributed by atoms with Gasteiger partial charge in [-0.2, -0.15) is 0 Å². The van der Waals surface area contributed by atoms with Crippen LogP contribution in [0.1, 0.15) is 11.5 Å². The minimum Gasteiger partial charge on any atom is -0.361 e. The SMILES string of the molecule is Cc1noc(C)c1-c1ccc(-c2cnc3[nH]ccc3n2)cc1. The molecule has 5 heteroatoms. The van der Waals surface area contributed by atoms with Crippen LogP contribution in [-0.2, 0) is 0 Å². The van der Waals surface area contributed by atoms with E-state index in [0.29, 0.717) is 0 Å². The van der Waals surface area contributed by atoms with Crippen molar-refractivity contribution in [1.29, 1.82) is 0 Å². The number of benzene rings is 1. The van der Waals surface area contributed by atoms with E-state index in [0.717, 1.165) is 45.0 Å². The molecule has 22 heavy (non-hydrogen) atoms. The predicted molar refractivity (Wildman–Crippen MR) is 84.3 cm³/mol. The summed E-state index contributed by atoms with van der Waals surface area (Å²) in [6, 6.07) is 10.1. The second-order valence-electron chi connectivity index (χ2n) is 5.24. The molecule has 0 bridgehead atoms. The van der Waals surface area contributed by atoms with Crippen molar-refractivity contribution >= 4 is 11.2 Å². The molecule has 0 saturated carbocycles. The van der Waals surface area contributed by atoms with Crippen LogP contribution in [0.4, 0.5) is 0 Å². The third kappa shape index (κ3) is 1.98. The highest BCUT2D eigenvalue weighted by Gasteiger charge is 2.11. The number of aromatic amines is 1. The molecule has 0 fully saturated rings. The highest BCUT2D eigenvalue weighted by atomic mass is 16.5. The normalized spacial score (nSPS) is 11.2. The standard InChI is InChI=1S/C17H14N4O/c1-10-16(11(2)22-21-10)13-5-3-12(4-6-13)15-9-19-17-14(20-15)7-8-18-17/h3-9H,1-2H3,(H,18,19). The van der Waals surface area contributed by atoms with Crippen LogP contribution in [0.15, 0.2) is 47.2 Å². The van der Waals surface area contributed by atoms with E-state index < -0.39 is 0 Å². The van der Waals surface area contributed by atoms with Crippen molar-refractivity contribution in [3.8, 4) is 22.4 Å². The van der Waals surface area contributed by atoms with Gasteiger partial charge in [-0.25, -0.2) is 9.97 Å². The van der Waals surface area contributed by atoms with Gasteiger partial charge in [0.1, 0.15) is 11.3 Å². The lowest BCUT2D eigenvalue weighted by molar-refractivity contribution is 0.393. The van der Waals surface area contributed by atoms with Crippen LogP contribution in [0, 0.1) is 13.8 Å². The molecule has 0 saturated heterocycles. The molecular weight excluding hydrogens is 276 g/mol. The van der Waals surface area contributed by atoms with Crippen LogP contribution < -0.4 is 0 Å². The van der Waals surface area contributed by atoms with Gasteiger partial charge in [0.2, 0.25) is 0 Å². The Morgan fingerprint density at radius 1 is 1.00 bits per heavy atom. The van der Waals surface area contributed by atoms with Gasteiger partial charge in [-0.05, 0) is 25.5 Å². The molecule has 4 aromatic rings. The number of aromatic nitrogens is 4. The Labute approximate surface area is 127 Å². The maximum Gasteiger partial charge on any atom is 0.156 e. The van der Waals surface area contributed by atoms with Gasteiger partial charge in [-0.3, -0.25) is 0 Å². The summed E-state index contributed by atoms with van der Waals surface area (Å²) < 4.78 is 5.23. The second-order valence-corrected chi connectivity index (χ2v) is 5.24. The molecule has 0 aliphatic rings. The molecule has 0 amide bonds. The molecule has 3 aromatic heterocycles. The monoisotopic (exact) mass is 290 g/mol. The van der Waals surface area contributed by atoms with Gasteiger partial charge in [0.05, 0.1) is 17.6 Å². The largest absolute Gasteiger partial charge is 0.361 e. The minimum absolute atomic E-state index is 0.802. The molecule has 0 aliphatic heterocycles. The van der Waals surface area contributed by atoms with E-state index in [1.54, 1.807) is 6.20 Å². The van der Waals surface area contributed by atoms with Crippen molar-refractivity contribution in [3.63, 3.8) is 0 Å². The first-order valence-corrected chi connectivity index (χ1v) is 7.06. The maximum absolute atomic E-state index is 5.23. The molecule has 1 aromatic carbocycles. The summed E-state index contributed by atoms with van der Waals surface area (Å²) in [7, 11) is 0. The first-order valence-electron chi connectivity index (χ1n) is 7.06. The zero-order chi connectivity index (χ0) is 15.1. The Morgan fingerprint density at radius 3 is 2.50 bits per heavy atom. The molecule has 1 N–H and O–H groups in total. The van der Waals surface area contributed by atoms with E-state index in [1.165, 1.54) is 0 Å². The average Bonchev–Trinajstić information content (AvgIpc) is 3.13. The highest BCUT2D eigenvalue weighted by Crippen LogP contribution is 2.28. The van der Waals surface area contributed by atoms with Gasteiger partial charge in [-0.1, -0.05) is 29.4 Å². The Morgan fingerprint density at radius 2 is 1.77 bits per heavy atom. The number of hydrogen-bond donors (Lipinski definition) is 1. The van der Waals surface area contributed by atoms with E-state index in [2.05, 4.69) is 32.2 Å². The van der Waals surface area contributed by atoms with Gasteiger partial charge in [0.15, 0.2) is 5.65 Å². The van der Waals surface area contributed by atoms with Crippen LogP contribution in [0.2, 0.25) is 0 Å². The fraction of sp³-hybridized carbons (Fsp3) is 0.118. The van der Waals surface area contributed by atoms with Gasteiger partial charge >= 0.3 is 0 Å². The summed E-state index contributed by atoms with van der Waals surface area (Å²) in [4.78, 5) is 12.0. The number of fused-ring (bicyclic) bond motifs is 1. The molecular formula is C17H14N4O. The lowest BCUT2D eigenvalue weighted by Crippen LogP contribution is -1.88. The molecule has 5 nitrogen and oxygen atoms in total. The molecule has 0 atom stereocenters. The highest BCUT2D eigenvalue weighted by molar-refractivity contribution is 5.75. The third-order valence-corrected chi connectivity index (χ3v) is 3.76. The van der Waals surface area contributed by atoms with E-state index in [9.17, 15) is 0 Å². The number of hydrogen-bond acceptors (Lipinski definition) is 4. The maximum atomic E-state index is 5.23. The summed E-state index contributed by atoms with van der Waals surface area (Å²) in [5, 5.41) is 4.00. The van der Waals surface area contributed by atoms with Crippen molar-refractivity contribution in [1.82, 2.24) is 20.1 Å². The van der Waals surface area contributed by atoms with Crippen LogP contribution in [0.3, 0.4) is 0 Å².